The summed E-state index contributed by atoms with van der Waals surface area (Å²) in [7, 11) is 0. The van der Waals surface area contributed by atoms with E-state index in [4.69, 9.17) is 12.2 Å². The molecule has 1 heterocycles. The third-order valence-corrected chi connectivity index (χ3v) is 6.95. The minimum atomic E-state index is 0.0380. The van der Waals surface area contributed by atoms with Crippen LogP contribution in [0.15, 0.2) is 82.9 Å². The monoisotopic (exact) mass is 434 g/mol. The second kappa shape index (κ2) is 8.40. The van der Waals surface area contributed by atoms with E-state index in [9.17, 15) is 4.79 Å². The van der Waals surface area contributed by atoms with Crippen LogP contribution in [-0.4, -0.2) is 21.7 Å². The lowest BCUT2D eigenvalue weighted by atomic mass is 9.76. The molecule has 0 radical (unpaired) electrons. The van der Waals surface area contributed by atoms with Crippen LogP contribution in [-0.2, 0) is 4.79 Å². The van der Waals surface area contributed by atoms with Gasteiger partial charge >= 0.3 is 0 Å². The molecule has 1 amide bonds. The molecule has 5 heteroatoms. The summed E-state index contributed by atoms with van der Waals surface area (Å²) in [6, 6.07) is 20.8. The van der Waals surface area contributed by atoms with Crippen LogP contribution in [0.25, 0.3) is 0 Å². The van der Waals surface area contributed by atoms with Crippen LogP contribution in [0.2, 0.25) is 0 Å². The molecule has 30 heavy (non-hydrogen) atoms. The van der Waals surface area contributed by atoms with Gasteiger partial charge < -0.3 is 4.90 Å². The van der Waals surface area contributed by atoms with Crippen LogP contribution in [0.4, 0.5) is 11.4 Å². The maximum absolute atomic E-state index is 13.0. The number of carbonyl (C=O) groups is 1. The zero-order valence-electron chi connectivity index (χ0n) is 17.6. The van der Waals surface area contributed by atoms with Crippen LogP contribution in [0.5, 0.6) is 0 Å². The zero-order chi connectivity index (χ0) is 21.3. The number of amides is 1. The van der Waals surface area contributed by atoms with Gasteiger partial charge in [0.15, 0.2) is 0 Å². The topological polar surface area (TPSA) is 23.6 Å². The minimum absolute atomic E-state index is 0.0380. The van der Waals surface area contributed by atoms with E-state index in [-0.39, 0.29) is 11.3 Å². The summed E-state index contributed by atoms with van der Waals surface area (Å²) < 4.78 is 0.659. The van der Waals surface area contributed by atoms with E-state index in [1.54, 1.807) is 4.90 Å². The Morgan fingerprint density at radius 1 is 1.00 bits per heavy atom. The van der Waals surface area contributed by atoms with Gasteiger partial charge in [-0.05, 0) is 61.1 Å². The normalized spacial score (nSPS) is 21.0. The number of anilines is 2. The van der Waals surface area contributed by atoms with Crippen molar-refractivity contribution in [2.75, 3.05) is 11.4 Å². The predicted octanol–water partition coefficient (Wildman–Crippen LogP) is 6.66. The first-order valence-electron chi connectivity index (χ1n) is 10.3. The van der Waals surface area contributed by atoms with E-state index in [0.29, 0.717) is 10.9 Å². The highest BCUT2D eigenvalue weighted by molar-refractivity contribution is 8.26. The SMILES string of the molecule is CCN1C(=O)C(=C2C=C(N(c3ccccc3)c3ccccc3)CC(C)(C)C2)SC1=S. The predicted molar refractivity (Wildman–Crippen MR) is 131 cm³/mol. The first-order chi connectivity index (χ1) is 14.4. The van der Waals surface area contributed by atoms with Crippen molar-refractivity contribution in [2.45, 2.75) is 33.6 Å². The van der Waals surface area contributed by atoms with Crippen LogP contribution >= 0.6 is 24.0 Å². The highest BCUT2D eigenvalue weighted by Gasteiger charge is 2.37. The molecule has 0 saturated carbocycles. The van der Waals surface area contributed by atoms with Crippen molar-refractivity contribution in [2.24, 2.45) is 5.41 Å². The number of carbonyl (C=O) groups excluding carboxylic acids is 1. The number of nitrogens with zero attached hydrogens (tertiary/aromatic N) is 2. The molecule has 0 bridgehead atoms. The highest BCUT2D eigenvalue weighted by atomic mass is 32.2. The standard InChI is InChI=1S/C25H26N2OS2/c1-4-26-23(28)22(30-24(26)29)18-15-21(17-25(2,3)16-18)27(19-11-7-5-8-12-19)20-13-9-6-10-14-20/h5-15H,4,16-17H2,1-3H3. The van der Waals surface area contributed by atoms with Crippen molar-refractivity contribution in [3.05, 3.63) is 82.9 Å². The lowest BCUT2D eigenvalue weighted by Crippen LogP contribution is -2.29. The minimum Gasteiger partial charge on any atom is -0.314 e. The second-order valence-electron chi connectivity index (χ2n) is 8.43. The molecule has 2 aliphatic rings. The number of thiocarbonyl (C=S) groups is 1. The Labute approximate surface area is 188 Å². The second-order valence-corrected chi connectivity index (χ2v) is 10.1. The molecule has 154 valence electrons. The van der Waals surface area contributed by atoms with Crippen molar-refractivity contribution < 1.29 is 4.79 Å². The molecular weight excluding hydrogens is 408 g/mol. The maximum atomic E-state index is 13.0. The largest absolute Gasteiger partial charge is 0.314 e. The van der Waals surface area contributed by atoms with Crippen molar-refractivity contribution in [1.29, 1.82) is 0 Å². The van der Waals surface area contributed by atoms with Crippen LogP contribution in [0.3, 0.4) is 0 Å². The van der Waals surface area contributed by atoms with Crippen LogP contribution in [0.1, 0.15) is 33.6 Å². The average molecular weight is 435 g/mol. The molecule has 0 aromatic heterocycles. The quantitative estimate of drug-likeness (QED) is 0.396. The average Bonchev–Trinajstić information content (AvgIpc) is 3.02. The Balaban J connectivity index is 1.85. The molecule has 0 spiro atoms. The lowest BCUT2D eigenvalue weighted by Gasteiger charge is -2.37. The van der Waals surface area contributed by atoms with Gasteiger partial charge in [-0.25, -0.2) is 0 Å². The summed E-state index contributed by atoms with van der Waals surface area (Å²) in [6.45, 7) is 7.13. The van der Waals surface area contributed by atoms with Crippen molar-refractivity contribution in [3.63, 3.8) is 0 Å². The molecule has 2 aromatic carbocycles. The first kappa shape index (κ1) is 20.9. The Hall–Kier alpha value is -2.37. The van der Waals surface area contributed by atoms with Gasteiger partial charge in [0.05, 0.1) is 4.91 Å². The smallest absolute Gasteiger partial charge is 0.266 e. The number of benzene rings is 2. The summed E-state index contributed by atoms with van der Waals surface area (Å²) in [5, 5.41) is 0. The zero-order valence-corrected chi connectivity index (χ0v) is 19.2. The number of rotatable bonds is 4. The number of hydrogen-bond donors (Lipinski definition) is 0. The molecule has 0 unspecified atom stereocenters. The number of para-hydroxylation sites is 2. The molecule has 4 rings (SSSR count). The summed E-state index contributed by atoms with van der Waals surface area (Å²) >= 11 is 6.90. The number of hydrogen-bond acceptors (Lipinski definition) is 4. The Bertz CT molecular complexity index is 986. The highest BCUT2D eigenvalue weighted by Crippen LogP contribution is 2.46. The van der Waals surface area contributed by atoms with Crippen molar-refractivity contribution in [1.82, 2.24) is 4.90 Å². The molecule has 2 aromatic rings. The number of likely N-dealkylation sites (N-methyl/N-ethyl adjacent to an activating group) is 1. The Morgan fingerprint density at radius 3 is 2.07 bits per heavy atom. The third-order valence-electron chi connectivity index (χ3n) is 5.44. The summed E-state index contributed by atoms with van der Waals surface area (Å²) in [6.07, 6.45) is 4.00. The fraction of sp³-hybridized carbons (Fsp3) is 0.280. The molecule has 1 fully saturated rings. The Morgan fingerprint density at radius 2 is 1.57 bits per heavy atom. The van der Waals surface area contributed by atoms with Gasteiger partial charge in [-0.2, -0.15) is 0 Å². The number of thioether (sulfide) groups is 1. The van der Waals surface area contributed by atoms with Crippen molar-refractivity contribution in [3.8, 4) is 0 Å². The lowest BCUT2D eigenvalue weighted by molar-refractivity contribution is -0.122. The molecule has 1 aliphatic heterocycles. The van der Waals surface area contributed by atoms with Gasteiger partial charge in [-0.15, -0.1) is 0 Å². The molecule has 3 nitrogen and oxygen atoms in total. The fourth-order valence-corrected chi connectivity index (χ4v) is 5.58. The summed E-state index contributed by atoms with van der Waals surface area (Å²) in [5.41, 5.74) is 4.56. The van der Waals surface area contributed by atoms with Crippen molar-refractivity contribution >= 4 is 45.6 Å². The van der Waals surface area contributed by atoms with Gasteiger partial charge in [0.1, 0.15) is 4.32 Å². The van der Waals surface area contributed by atoms with Gasteiger partial charge in [0.25, 0.3) is 5.91 Å². The van der Waals surface area contributed by atoms with E-state index < -0.39 is 0 Å². The number of allylic oxidation sites excluding steroid dienone is 3. The summed E-state index contributed by atoms with van der Waals surface area (Å²) in [4.78, 5) is 17.8. The van der Waals surface area contributed by atoms with Crippen LogP contribution < -0.4 is 4.90 Å². The van der Waals surface area contributed by atoms with E-state index in [1.165, 1.54) is 17.5 Å². The molecular formula is C25H26N2OS2. The van der Waals surface area contributed by atoms with Gasteiger partial charge in [-0.3, -0.25) is 9.69 Å². The van der Waals surface area contributed by atoms with E-state index in [0.717, 1.165) is 34.7 Å². The molecule has 0 N–H and O–H groups in total. The van der Waals surface area contributed by atoms with E-state index in [2.05, 4.69) is 73.4 Å². The molecule has 1 aliphatic carbocycles. The third kappa shape index (κ3) is 4.09. The fourth-order valence-electron chi connectivity index (χ4n) is 4.16. The Kier molecular flexibility index (Phi) is 5.85. The summed E-state index contributed by atoms with van der Waals surface area (Å²) in [5.74, 6) is 0.0433. The van der Waals surface area contributed by atoms with Gasteiger partial charge in [-0.1, -0.05) is 74.2 Å². The van der Waals surface area contributed by atoms with Crippen LogP contribution in [0, 0.1) is 5.41 Å². The molecule has 1 saturated heterocycles. The van der Waals surface area contributed by atoms with Gasteiger partial charge in [0.2, 0.25) is 0 Å². The van der Waals surface area contributed by atoms with E-state index >= 15 is 0 Å². The molecule has 0 atom stereocenters. The first-order valence-corrected chi connectivity index (χ1v) is 11.5. The van der Waals surface area contributed by atoms with E-state index in [1.807, 2.05) is 19.1 Å². The maximum Gasteiger partial charge on any atom is 0.266 e. The van der Waals surface area contributed by atoms with Gasteiger partial charge in [0, 0.05) is 23.6 Å².